The van der Waals surface area contributed by atoms with Crippen molar-refractivity contribution in [1.29, 1.82) is 0 Å². The molecule has 0 radical (unpaired) electrons. The lowest BCUT2D eigenvalue weighted by atomic mass is 10.0. The summed E-state index contributed by atoms with van der Waals surface area (Å²) in [5.74, 6) is 0.461. The minimum atomic E-state index is -0.0793. The predicted octanol–water partition coefficient (Wildman–Crippen LogP) is 4.15. The fourth-order valence-corrected chi connectivity index (χ4v) is 2.12. The highest BCUT2D eigenvalue weighted by atomic mass is 16.5. The molecule has 2 atom stereocenters. The molecule has 3 heteroatoms. The van der Waals surface area contributed by atoms with E-state index in [0.29, 0.717) is 18.4 Å². The van der Waals surface area contributed by atoms with Gasteiger partial charge >= 0.3 is 5.97 Å². The summed E-state index contributed by atoms with van der Waals surface area (Å²) in [6.45, 7) is 8.39. The summed E-state index contributed by atoms with van der Waals surface area (Å²) in [4.78, 5) is 11.5. The van der Waals surface area contributed by atoms with Crippen LogP contribution in [0.1, 0.15) is 66.2 Å². The van der Waals surface area contributed by atoms with E-state index in [9.17, 15) is 4.79 Å². The minimum Gasteiger partial charge on any atom is -0.463 e. The van der Waals surface area contributed by atoms with Crippen molar-refractivity contribution in [2.75, 3.05) is 7.11 Å². The van der Waals surface area contributed by atoms with Crippen LogP contribution in [0.3, 0.4) is 0 Å². The fraction of sp³-hybridized carbons (Fsp3) is 0.875. The predicted molar refractivity (Wildman–Crippen MR) is 78.9 cm³/mol. The zero-order valence-corrected chi connectivity index (χ0v) is 13.3. The van der Waals surface area contributed by atoms with Crippen molar-refractivity contribution in [3.63, 3.8) is 0 Å². The summed E-state index contributed by atoms with van der Waals surface area (Å²) in [5.41, 5.74) is 0. The van der Waals surface area contributed by atoms with Crippen molar-refractivity contribution in [2.24, 2.45) is 5.92 Å². The lowest BCUT2D eigenvalue weighted by molar-refractivity contribution is -0.148. The third-order valence-electron chi connectivity index (χ3n) is 3.28. The van der Waals surface area contributed by atoms with Gasteiger partial charge in [0.25, 0.3) is 0 Å². The van der Waals surface area contributed by atoms with Gasteiger partial charge < -0.3 is 9.47 Å². The molecule has 0 aliphatic heterocycles. The molecule has 0 fully saturated rings. The molecule has 0 bridgehead atoms. The van der Waals surface area contributed by atoms with E-state index in [1.54, 1.807) is 7.11 Å². The van der Waals surface area contributed by atoms with Gasteiger partial charge in [0.05, 0.1) is 37.9 Å². The molecular weight excluding hydrogens is 240 g/mol. The highest BCUT2D eigenvalue weighted by Gasteiger charge is 2.15. The largest absolute Gasteiger partial charge is 0.463 e. The first-order valence-electron chi connectivity index (χ1n) is 7.55. The molecule has 0 aromatic heterocycles. The minimum absolute atomic E-state index is 0.0521. The lowest BCUT2D eigenvalue weighted by Gasteiger charge is -2.16. The molecule has 2 unspecified atom stereocenters. The lowest BCUT2D eigenvalue weighted by Crippen LogP contribution is -2.17. The first-order valence-corrected chi connectivity index (χ1v) is 7.55. The molecular formula is C16H31O3+. The molecule has 112 valence electrons. The Labute approximate surface area is 119 Å². The van der Waals surface area contributed by atoms with E-state index in [0.717, 1.165) is 32.1 Å². The van der Waals surface area contributed by atoms with Crippen LogP contribution in [0, 0.1) is 12.3 Å². The number of carbonyl (C=O) groups is 1. The van der Waals surface area contributed by atoms with Crippen molar-refractivity contribution in [2.45, 2.75) is 78.4 Å². The number of carbonyl (C=O) groups excluding carboxylic acids is 1. The second-order valence-corrected chi connectivity index (χ2v) is 5.51. The molecule has 0 N–H and O–H groups in total. The number of esters is 1. The van der Waals surface area contributed by atoms with Gasteiger partial charge in [-0.3, -0.25) is 4.79 Å². The molecule has 0 aromatic rings. The average Bonchev–Trinajstić information content (AvgIpc) is 2.33. The van der Waals surface area contributed by atoms with Crippen LogP contribution >= 0.6 is 0 Å². The van der Waals surface area contributed by atoms with Crippen LogP contribution in [0.15, 0.2) is 0 Å². The summed E-state index contributed by atoms with van der Waals surface area (Å²) in [6, 6.07) is 0. The number of unbranched alkanes of at least 4 members (excludes halogenated alkanes) is 2. The molecule has 0 aliphatic rings. The quantitative estimate of drug-likeness (QED) is 0.322. The van der Waals surface area contributed by atoms with Crippen molar-refractivity contribution < 1.29 is 14.3 Å². The van der Waals surface area contributed by atoms with E-state index >= 15 is 0 Å². The smallest absolute Gasteiger partial charge is 0.310 e. The Morgan fingerprint density at radius 2 is 1.84 bits per heavy atom. The first kappa shape index (κ1) is 18.3. The van der Waals surface area contributed by atoms with E-state index in [1.807, 2.05) is 6.92 Å². The SMILES string of the molecule is CCCC(C)OC(=O)CC[CH+]CCC(OC)C(C)C. The van der Waals surface area contributed by atoms with Crippen LogP contribution in [-0.4, -0.2) is 25.3 Å². The zero-order valence-electron chi connectivity index (χ0n) is 13.3. The van der Waals surface area contributed by atoms with Crippen LogP contribution in [0.5, 0.6) is 0 Å². The standard InChI is InChI=1S/C16H31O3/c1-6-10-14(4)19-16(17)12-9-7-8-11-15(18-5)13(2)3/h7,13-15H,6,8-12H2,1-5H3/q+1. The monoisotopic (exact) mass is 271 g/mol. The van der Waals surface area contributed by atoms with E-state index < -0.39 is 0 Å². The molecule has 0 aliphatic carbocycles. The Morgan fingerprint density at radius 1 is 1.16 bits per heavy atom. The van der Waals surface area contributed by atoms with Crippen LogP contribution in [-0.2, 0) is 14.3 Å². The van der Waals surface area contributed by atoms with Gasteiger partial charge in [-0.25, -0.2) is 0 Å². The molecule has 0 amide bonds. The molecule has 19 heavy (non-hydrogen) atoms. The molecule has 0 saturated carbocycles. The summed E-state index contributed by atoms with van der Waals surface area (Å²) in [7, 11) is 1.76. The van der Waals surface area contributed by atoms with Crippen LogP contribution in [0.4, 0.5) is 0 Å². The summed E-state index contributed by atoms with van der Waals surface area (Å²) in [5, 5.41) is 0. The summed E-state index contributed by atoms with van der Waals surface area (Å²) >= 11 is 0. The first-order chi connectivity index (χ1) is 9.01. The van der Waals surface area contributed by atoms with Gasteiger partial charge in [-0.05, 0) is 19.3 Å². The van der Waals surface area contributed by atoms with Crippen molar-refractivity contribution in [3.05, 3.63) is 6.42 Å². The molecule has 0 heterocycles. The Hall–Kier alpha value is -0.700. The van der Waals surface area contributed by atoms with Crippen LogP contribution < -0.4 is 0 Å². The van der Waals surface area contributed by atoms with Gasteiger partial charge in [-0.15, -0.1) is 0 Å². The maximum Gasteiger partial charge on any atom is 0.310 e. The van der Waals surface area contributed by atoms with Gasteiger partial charge in [0.15, 0.2) is 0 Å². The van der Waals surface area contributed by atoms with E-state index in [-0.39, 0.29) is 12.1 Å². The number of hydrogen-bond donors (Lipinski definition) is 0. The normalized spacial score (nSPS) is 14.2. The van der Waals surface area contributed by atoms with Gasteiger partial charge in [0, 0.05) is 13.5 Å². The maximum absolute atomic E-state index is 11.5. The van der Waals surface area contributed by atoms with Gasteiger partial charge in [-0.1, -0.05) is 27.2 Å². The Bertz CT molecular complexity index is 226. The Kier molecular flexibility index (Phi) is 10.7. The second kappa shape index (κ2) is 11.2. The number of rotatable bonds is 11. The summed E-state index contributed by atoms with van der Waals surface area (Å²) in [6.07, 6.45) is 7.83. The molecule has 0 rings (SSSR count). The van der Waals surface area contributed by atoms with Crippen molar-refractivity contribution in [1.82, 2.24) is 0 Å². The third-order valence-corrected chi connectivity index (χ3v) is 3.28. The second-order valence-electron chi connectivity index (χ2n) is 5.51. The van der Waals surface area contributed by atoms with Gasteiger partial charge in [0.2, 0.25) is 0 Å². The maximum atomic E-state index is 11.5. The van der Waals surface area contributed by atoms with Crippen molar-refractivity contribution in [3.8, 4) is 0 Å². The average molecular weight is 271 g/mol. The molecule has 0 aromatic carbocycles. The van der Waals surface area contributed by atoms with Crippen molar-refractivity contribution >= 4 is 5.97 Å². The Balaban J connectivity index is 3.55. The zero-order chi connectivity index (χ0) is 14.7. The Morgan fingerprint density at radius 3 is 2.37 bits per heavy atom. The fourth-order valence-electron chi connectivity index (χ4n) is 2.12. The van der Waals surface area contributed by atoms with E-state index in [4.69, 9.17) is 9.47 Å². The highest BCUT2D eigenvalue weighted by Crippen LogP contribution is 2.14. The van der Waals surface area contributed by atoms with E-state index in [2.05, 4.69) is 27.2 Å². The van der Waals surface area contributed by atoms with Gasteiger partial charge in [0.1, 0.15) is 0 Å². The highest BCUT2D eigenvalue weighted by molar-refractivity contribution is 5.69. The number of hydrogen-bond acceptors (Lipinski definition) is 3. The molecule has 0 saturated heterocycles. The van der Waals surface area contributed by atoms with Crippen LogP contribution in [0.2, 0.25) is 0 Å². The summed E-state index contributed by atoms with van der Waals surface area (Å²) < 4.78 is 10.7. The van der Waals surface area contributed by atoms with Crippen LogP contribution in [0.25, 0.3) is 0 Å². The number of methoxy groups -OCH3 is 1. The third kappa shape index (κ3) is 9.83. The van der Waals surface area contributed by atoms with E-state index in [1.165, 1.54) is 0 Å². The number of ether oxygens (including phenoxy) is 2. The molecule has 3 nitrogen and oxygen atoms in total. The van der Waals surface area contributed by atoms with Gasteiger partial charge in [-0.2, -0.15) is 0 Å². The topological polar surface area (TPSA) is 35.5 Å². The molecule has 0 spiro atoms.